The van der Waals surface area contributed by atoms with Crippen LogP contribution in [0.2, 0.25) is 0 Å². The Morgan fingerprint density at radius 1 is 1.10 bits per heavy atom. The largest absolute Gasteiger partial charge is 0.478 e. The Bertz CT molecular complexity index is 1090. The minimum Gasteiger partial charge on any atom is -0.478 e. The summed E-state index contributed by atoms with van der Waals surface area (Å²) >= 11 is 0. The van der Waals surface area contributed by atoms with Crippen LogP contribution in [0.4, 0.5) is 17.6 Å². The van der Waals surface area contributed by atoms with Gasteiger partial charge in [-0.2, -0.15) is 13.2 Å². The Hall–Kier alpha value is -3.76. The zero-order valence-electron chi connectivity index (χ0n) is 16.0. The van der Waals surface area contributed by atoms with Crippen LogP contribution in [-0.4, -0.2) is 32.0 Å². The summed E-state index contributed by atoms with van der Waals surface area (Å²) in [5, 5.41) is 18.0. The van der Waals surface area contributed by atoms with Crippen molar-refractivity contribution in [1.29, 1.82) is 0 Å². The molecule has 1 aromatic heterocycles. The maximum atomic E-state index is 13.4. The van der Waals surface area contributed by atoms with Crippen molar-refractivity contribution < 1.29 is 32.3 Å². The predicted molar refractivity (Wildman–Crippen MR) is 99.8 cm³/mol. The van der Waals surface area contributed by atoms with Gasteiger partial charge in [-0.05, 0) is 42.3 Å². The lowest BCUT2D eigenvalue weighted by atomic mass is 10.1. The second-order valence-corrected chi connectivity index (χ2v) is 6.69. The molecule has 1 atom stereocenters. The molecule has 0 aliphatic carbocycles. The second kappa shape index (κ2) is 8.54. The summed E-state index contributed by atoms with van der Waals surface area (Å²) in [6, 6.07) is 9.81. The van der Waals surface area contributed by atoms with Gasteiger partial charge in [0.2, 0.25) is 0 Å². The highest BCUT2D eigenvalue weighted by atomic mass is 19.4. The van der Waals surface area contributed by atoms with Crippen LogP contribution in [-0.2, 0) is 12.7 Å². The molecule has 2 N–H and O–H groups in total. The number of carbonyl (C=O) groups excluding carboxylic acids is 1. The van der Waals surface area contributed by atoms with E-state index in [1.165, 1.54) is 43.3 Å². The van der Waals surface area contributed by atoms with Gasteiger partial charge in [-0.1, -0.05) is 29.5 Å². The molecule has 7 nitrogen and oxygen atoms in total. The summed E-state index contributed by atoms with van der Waals surface area (Å²) in [5.41, 5.74) is -1.29. The number of aromatic carboxylic acids is 1. The Morgan fingerprint density at radius 2 is 1.71 bits per heavy atom. The number of carbonyl (C=O) groups is 2. The van der Waals surface area contributed by atoms with Crippen LogP contribution >= 0.6 is 0 Å². The molecule has 0 spiro atoms. The Labute approximate surface area is 173 Å². The molecule has 1 amide bonds. The maximum Gasteiger partial charge on any atom is 0.437 e. The normalized spacial score (nSPS) is 12.4. The van der Waals surface area contributed by atoms with Crippen LogP contribution in [0, 0.1) is 5.82 Å². The van der Waals surface area contributed by atoms with Crippen LogP contribution < -0.4 is 5.32 Å². The molecule has 0 radical (unpaired) electrons. The van der Waals surface area contributed by atoms with E-state index in [-0.39, 0.29) is 12.1 Å². The SMILES string of the molecule is C[C@H](NC(=O)c1c(C(F)(F)F)nnn1Cc1ccc(F)cc1)c1ccc(C(=O)O)cc1. The molecule has 0 fully saturated rings. The van der Waals surface area contributed by atoms with Gasteiger partial charge in [0, 0.05) is 0 Å². The average molecular weight is 436 g/mol. The summed E-state index contributed by atoms with van der Waals surface area (Å²) < 4.78 is 54.1. The molecule has 0 aliphatic heterocycles. The van der Waals surface area contributed by atoms with Gasteiger partial charge in [-0.3, -0.25) is 4.79 Å². The highest BCUT2D eigenvalue weighted by Gasteiger charge is 2.41. The van der Waals surface area contributed by atoms with Crippen molar-refractivity contribution in [2.24, 2.45) is 0 Å². The van der Waals surface area contributed by atoms with Crippen molar-refractivity contribution in [3.63, 3.8) is 0 Å². The van der Waals surface area contributed by atoms with E-state index >= 15 is 0 Å². The van der Waals surface area contributed by atoms with Crippen molar-refractivity contribution in [2.75, 3.05) is 0 Å². The standard InChI is InChI=1S/C20H16F4N4O3/c1-11(13-4-6-14(7-5-13)19(30)31)25-18(29)16-17(20(22,23)24)26-27-28(16)10-12-2-8-15(21)9-3-12/h2-9,11H,10H2,1H3,(H,25,29)(H,30,31)/t11-/m0/s1. The molecule has 0 bridgehead atoms. The fraction of sp³-hybridized carbons (Fsp3) is 0.200. The topological polar surface area (TPSA) is 97.1 Å². The zero-order chi connectivity index (χ0) is 22.8. The molecule has 0 aliphatic rings. The Balaban J connectivity index is 1.88. The quantitative estimate of drug-likeness (QED) is 0.575. The van der Waals surface area contributed by atoms with Gasteiger partial charge < -0.3 is 10.4 Å². The molecule has 31 heavy (non-hydrogen) atoms. The van der Waals surface area contributed by atoms with Crippen molar-refractivity contribution in [3.8, 4) is 0 Å². The van der Waals surface area contributed by atoms with Crippen molar-refractivity contribution >= 4 is 11.9 Å². The summed E-state index contributed by atoms with van der Waals surface area (Å²) in [6.45, 7) is 1.31. The molecule has 3 aromatic rings. The van der Waals surface area contributed by atoms with E-state index in [2.05, 4.69) is 15.6 Å². The van der Waals surface area contributed by atoms with Crippen LogP contribution in [0.1, 0.15) is 50.6 Å². The van der Waals surface area contributed by atoms with Gasteiger partial charge >= 0.3 is 12.1 Å². The minimum atomic E-state index is -4.92. The number of benzene rings is 2. The lowest BCUT2D eigenvalue weighted by Gasteiger charge is -2.16. The Kier molecular flexibility index (Phi) is 6.04. The van der Waals surface area contributed by atoms with E-state index in [9.17, 15) is 27.2 Å². The van der Waals surface area contributed by atoms with Gasteiger partial charge in [0.05, 0.1) is 18.2 Å². The average Bonchev–Trinajstić information content (AvgIpc) is 3.14. The molecule has 3 rings (SSSR count). The molecule has 2 aromatic carbocycles. The van der Waals surface area contributed by atoms with Crippen molar-refractivity contribution in [2.45, 2.75) is 25.7 Å². The summed E-state index contributed by atoms with van der Waals surface area (Å²) in [7, 11) is 0. The zero-order valence-corrected chi connectivity index (χ0v) is 16.0. The van der Waals surface area contributed by atoms with Gasteiger partial charge in [0.15, 0.2) is 11.4 Å². The number of hydrogen-bond acceptors (Lipinski definition) is 4. The first-order valence-electron chi connectivity index (χ1n) is 8.95. The Morgan fingerprint density at radius 3 is 2.26 bits per heavy atom. The number of alkyl halides is 3. The van der Waals surface area contributed by atoms with Gasteiger partial charge in [-0.25, -0.2) is 13.9 Å². The highest BCUT2D eigenvalue weighted by molar-refractivity contribution is 5.94. The smallest absolute Gasteiger partial charge is 0.437 e. The number of carboxylic acid groups (broad SMARTS) is 1. The van der Waals surface area contributed by atoms with Gasteiger partial charge in [0.25, 0.3) is 5.91 Å². The maximum absolute atomic E-state index is 13.4. The summed E-state index contributed by atoms with van der Waals surface area (Å²) in [4.78, 5) is 23.7. The fourth-order valence-corrected chi connectivity index (χ4v) is 2.86. The lowest BCUT2D eigenvalue weighted by Crippen LogP contribution is -2.31. The molecule has 0 saturated carbocycles. The molecule has 162 valence electrons. The van der Waals surface area contributed by atoms with E-state index in [0.29, 0.717) is 11.1 Å². The number of rotatable bonds is 6. The number of amides is 1. The minimum absolute atomic E-state index is 0.0307. The van der Waals surface area contributed by atoms with Crippen molar-refractivity contribution in [1.82, 2.24) is 20.3 Å². The number of halogens is 4. The number of hydrogen-bond donors (Lipinski definition) is 2. The third kappa shape index (κ3) is 5.05. The monoisotopic (exact) mass is 436 g/mol. The first-order chi connectivity index (χ1) is 14.6. The van der Waals surface area contributed by atoms with E-state index in [1.807, 2.05) is 0 Å². The van der Waals surface area contributed by atoms with Crippen molar-refractivity contribution in [3.05, 3.63) is 82.4 Å². The van der Waals surface area contributed by atoms with Crippen LogP contribution in [0.15, 0.2) is 48.5 Å². The molecular formula is C20H16F4N4O3. The summed E-state index contributed by atoms with van der Waals surface area (Å²) in [6.07, 6.45) is -4.92. The van der Waals surface area contributed by atoms with Crippen LogP contribution in [0.5, 0.6) is 0 Å². The highest BCUT2D eigenvalue weighted by Crippen LogP contribution is 2.30. The molecular weight excluding hydrogens is 420 g/mol. The third-order valence-electron chi connectivity index (χ3n) is 4.47. The molecule has 1 heterocycles. The molecule has 0 unspecified atom stereocenters. The van der Waals surface area contributed by atoms with E-state index < -0.39 is 41.3 Å². The summed E-state index contributed by atoms with van der Waals surface area (Å²) in [5.74, 6) is -2.71. The number of aromatic nitrogens is 3. The second-order valence-electron chi connectivity index (χ2n) is 6.69. The number of nitrogens with one attached hydrogen (secondary N) is 1. The fourth-order valence-electron chi connectivity index (χ4n) is 2.86. The van der Waals surface area contributed by atoms with Crippen LogP contribution in [0.25, 0.3) is 0 Å². The van der Waals surface area contributed by atoms with E-state index in [4.69, 9.17) is 5.11 Å². The van der Waals surface area contributed by atoms with Crippen LogP contribution in [0.3, 0.4) is 0 Å². The predicted octanol–water partition coefficient (Wildman–Crippen LogP) is 3.67. The molecule has 0 saturated heterocycles. The lowest BCUT2D eigenvalue weighted by molar-refractivity contribution is -0.141. The number of carboxylic acids is 1. The molecule has 11 heteroatoms. The van der Waals surface area contributed by atoms with E-state index in [1.54, 1.807) is 0 Å². The van der Waals surface area contributed by atoms with Gasteiger partial charge in [-0.15, -0.1) is 5.10 Å². The number of nitrogens with zero attached hydrogens (tertiary/aromatic N) is 3. The van der Waals surface area contributed by atoms with Gasteiger partial charge in [0.1, 0.15) is 5.82 Å². The first kappa shape index (κ1) is 21.9. The van der Waals surface area contributed by atoms with E-state index in [0.717, 1.165) is 16.8 Å². The third-order valence-corrected chi connectivity index (χ3v) is 4.47. The first-order valence-corrected chi connectivity index (χ1v) is 8.95.